The van der Waals surface area contributed by atoms with Gasteiger partial charge in [-0.05, 0) is 23.8 Å². The van der Waals surface area contributed by atoms with Gasteiger partial charge in [0.25, 0.3) is 0 Å². The van der Waals surface area contributed by atoms with Gasteiger partial charge in [0.1, 0.15) is 5.69 Å². The summed E-state index contributed by atoms with van der Waals surface area (Å²) in [7, 11) is 3.03. The van der Waals surface area contributed by atoms with Crippen molar-refractivity contribution in [2.24, 2.45) is 0 Å². The number of thioether (sulfide) groups is 1. The Morgan fingerprint density at radius 3 is 2.58 bits per heavy atom. The zero-order valence-electron chi connectivity index (χ0n) is 14.0. The molecule has 26 heavy (non-hydrogen) atoms. The van der Waals surface area contributed by atoms with Crippen LogP contribution in [0, 0.1) is 0 Å². The van der Waals surface area contributed by atoms with Gasteiger partial charge in [0.05, 0.1) is 20.0 Å². The number of nitrogens with zero attached hydrogens (tertiary/aromatic N) is 2. The summed E-state index contributed by atoms with van der Waals surface area (Å²) in [6.45, 7) is 0.239. The van der Waals surface area contributed by atoms with Crippen LogP contribution in [0.4, 0.5) is 13.2 Å². The number of nitrogens with one attached hydrogen (secondary N) is 1. The molecule has 1 aromatic carbocycles. The van der Waals surface area contributed by atoms with E-state index < -0.39 is 11.9 Å². The first kappa shape index (κ1) is 19.8. The van der Waals surface area contributed by atoms with Gasteiger partial charge in [-0.3, -0.25) is 4.79 Å². The van der Waals surface area contributed by atoms with Gasteiger partial charge >= 0.3 is 6.18 Å². The second-order valence-corrected chi connectivity index (χ2v) is 5.92. The van der Waals surface area contributed by atoms with E-state index in [2.05, 4.69) is 15.3 Å². The molecule has 1 N–H and O–H groups in total. The molecule has 0 fully saturated rings. The zero-order chi connectivity index (χ0) is 19.2. The Morgan fingerprint density at radius 2 is 1.92 bits per heavy atom. The highest BCUT2D eigenvalue weighted by molar-refractivity contribution is 7.99. The molecule has 10 heteroatoms. The molecule has 6 nitrogen and oxygen atoms in total. The van der Waals surface area contributed by atoms with Gasteiger partial charge in [-0.15, -0.1) is 0 Å². The number of benzene rings is 1. The summed E-state index contributed by atoms with van der Waals surface area (Å²) >= 11 is 0.829. The fraction of sp³-hybridized carbons (Fsp3) is 0.312. The largest absolute Gasteiger partial charge is 0.493 e. The van der Waals surface area contributed by atoms with E-state index in [1.807, 2.05) is 0 Å². The molecule has 0 aliphatic rings. The smallest absolute Gasteiger partial charge is 0.433 e. The first-order chi connectivity index (χ1) is 12.3. The Kier molecular flexibility index (Phi) is 6.67. The number of carbonyl (C=O) groups excluding carboxylic acids is 1. The Bertz CT molecular complexity index is 772. The van der Waals surface area contributed by atoms with Crippen molar-refractivity contribution in [3.8, 4) is 11.5 Å². The quantitative estimate of drug-likeness (QED) is 0.582. The first-order valence-electron chi connectivity index (χ1n) is 7.34. The van der Waals surface area contributed by atoms with Crippen molar-refractivity contribution in [1.29, 1.82) is 0 Å². The van der Waals surface area contributed by atoms with Crippen molar-refractivity contribution in [2.75, 3.05) is 20.0 Å². The van der Waals surface area contributed by atoms with Gasteiger partial charge in [-0.2, -0.15) is 13.2 Å². The molecule has 0 bridgehead atoms. The summed E-state index contributed by atoms with van der Waals surface area (Å²) in [5, 5.41) is 2.56. The predicted molar refractivity (Wildman–Crippen MR) is 89.2 cm³/mol. The Balaban J connectivity index is 1.88. The van der Waals surface area contributed by atoms with Crippen LogP contribution in [0.2, 0.25) is 0 Å². The summed E-state index contributed by atoms with van der Waals surface area (Å²) in [5.41, 5.74) is -0.253. The lowest BCUT2D eigenvalue weighted by molar-refractivity contribution is -0.141. The Labute approximate surface area is 152 Å². The number of rotatable bonds is 7. The number of ether oxygens (including phenoxy) is 2. The maximum atomic E-state index is 12.6. The van der Waals surface area contributed by atoms with Crippen LogP contribution in [0.15, 0.2) is 35.6 Å². The number of halogens is 3. The van der Waals surface area contributed by atoms with Gasteiger partial charge in [-0.1, -0.05) is 17.8 Å². The van der Waals surface area contributed by atoms with E-state index in [0.717, 1.165) is 29.6 Å². The van der Waals surface area contributed by atoms with E-state index in [9.17, 15) is 18.0 Å². The summed E-state index contributed by atoms with van der Waals surface area (Å²) in [5.74, 6) is 0.644. The van der Waals surface area contributed by atoms with E-state index in [1.54, 1.807) is 18.2 Å². The average Bonchev–Trinajstić information content (AvgIpc) is 2.64. The van der Waals surface area contributed by atoms with E-state index in [4.69, 9.17) is 9.47 Å². The van der Waals surface area contributed by atoms with Gasteiger partial charge in [-0.25, -0.2) is 9.97 Å². The molecule has 0 aliphatic heterocycles. The Hall–Kier alpha value is -2.49. The van der Waals surface area contributed by atoms with Crippen LogP contribution in [0.3, 0.4) is 0 Å². The molecule has 0 saturated heterocycles. The van der Waals surface area contributed by atoms with Crippen molar-refractivity contribution in [3.05, 3.63) is 41.7 Å². The molecule has 0 saturated carbocycles. The third kappa shape index (κ3) is 5.51. The van der Waals surface area contributed by atoms with Crippen LogP contribution in [0.1, 0.15) is 11.3 Å². The third-order valence-electron chi connectivity index (χ3n) is 3.19. The molecule has 0 spiro atoms. The second kappa shape index (κ2) is 8.75. The SMILES string of the molecule is COc1ccc(CNC(=O)CSc2nccc(C(F)(F)F)n2)cc1OC. The normalized spacial score (nSPS) is 11.1. The van der Waals surface area contributed by atoms with E-state index >= 15 is 0 Å². The standard InChI is InChI=1S/C16H16F3N3O3S/c1-24-11-4-3-10(7-12(11)25-2)8-21-14(23)9-26-15-20-6-5-13(22-15)16(17,18)19/h3-7H,8-9H2,1-2H3,(H,21,23). The number of methoxy groups -OCH3 is 2. The fourth-order valence-electron chi connectivity index (χ4n) is 1.94. The van der Waals surface area contributed by atoms with Crippen LogP contribution in [0.25, 0.3) is 0 Å². The maximum Gasteiger partial charge on any atom is 0.433 e. The number of carbonyl (C=O) groups is 1. The number of aromatic nitrogens is 2. The lowest BCUT2D eigenvalue weighted by Gasteiger charge is -2.10. The molecule has 0 radical (unpaired) electrons. The molecule has 0 unspecified atom stereocenters. The van der Waals surface area contributed by atoms with E-state index in [0.29, 0.717) is 11.5 Å². The van der Waals surface area contributed by atoms with Crippen LogP contribution in [-0.2, 0) is 17.5 Å². The van der Waals surface area contributed by atoms with Crippen molar-refractivity contribution in [3.63, 3.8) is 0 Å². The van der Waals surface area contributed by atoms with Crippen molar-refractivity contribution in [2.45, 2.75) is 17.9 Å². The van der Waals surface area contributed by atoms with Crippen LogP contribution in [-0.4, -0.2) is 35.8 Å². The van der Waals surface area contributed by atoms with Crippen molar-refractivity contribution in [1.82, 2.24) is 15.3 Å². The van der Waals surface area contributed by atoms with Crippen molar-refractivity contribution < 1.29 is 27.4 Å². The van der Waals surface area contributed by atoms with Crippen LogP contribution in [0.5, 0.6) is 11.5 Å². The maximum absolute atomic E-state index is 12.6. The summed E-state index contributed by atoms with van der Waals surface area (Å²) in [4.78, 5) is 19.0. The summed E-state index contributed by atoms with van der Waals surface area (Å²) in [6, 6.07) is 5.99. The van der Waals surface area contributed by atoms with Gasteiger partial charge < -0.3 is 14.8 Å². The molecule has 2 aromatic rings. The zero-order valence-corrected chi connectivity index (χ0v) is 14.8. The second-order valence-electron chi connectivity index (χ2n) is 4.98. The van der Waals surface area contributed by atoms with E-state index in [-0.39, 0.29) is 23.4 Å². The highest BCUT2D eigenvalue weighted by Crippen LogP contribution is 2.29. The number of amides is 1. The predicted octanol–water partition coefficient (Wildman–Crippen LogP) is 2.92. The van der Waals surface area contributed by atoms with Crippen LogP contribution < -0.4 is 14.8 Å². The number of hydrogen-bond donors (Lipinski definition) is 1. The van der Waals surface area contributed by atoms with Gasteiger partial charge in [0, 0.05) is 12.7 Å². The minimum Gasteiger partial charge on any atom is -0.493 e. The molecular formula is C16H16F3N3O3S. The number of hydrogen-bond acceptors (Lipinski definition) is 6. The highest BCUT2D eigenvalue weighted by Gasteiger charge is 2.32. The molecule has 1 heterocycles. The van der Waals surface area contributed by atoms with Gasteiger partial charge in [0.15, 0.2) is 16.7 Å². The molecular weight excluding hydrogens is 371 g/mol. The summed E-state index contributed by atoms with van der Waals surface area (Å²) < 4.78 is 48.1. The highest BCUT2D eigenvalue weighted by atomic mass is 32.2. The molecule has 1 amide bonds. The molecule has 2 rings (SSSR count). The molecule has 140 valence electrons. The number of alkyl halides is 3. The summed E-state index contributed by atoms with van der Waals surface area (Å²) in [6.07, 6.45) is -3.53. The van der Waals surface area contributed by atoms with Crippen molar-refractivity contribution >= 4 is 17.7 Å². The van der Waals surface area contributed by atoms with E-state index in [1.165, 1.54) is 14.2 Å². The minimum absolute atomic E-state index is 0.103. The monoisotopic (exact) mass is 387 g/mol. The lowest BCUT2D eigenvalue weighted by atomic mass is 10.2. The van der Waals surface area contributed by atoms with Gasteiger partial charge in [0.2, 0.25) is 5.91 Å². The fourth-order valence-corrected chi connectivity index (χ4v) is 2.60. The topological polar surface area (TPSA) is 73.3 Å². The lowest BCUT2D eigenvalue weighted by Crippen LogP contribution is -2.24. The third-order valence-corrected chi connectivity index (χ3v) is 4.06. The molecule has 0 aliphatic carbocycles. The molecule has 0 atom stereocenters. The van der Waals surface area contributed by atoms with Crippen LogP contribution >= 0.6 is 11.8 Å². The first-order valence-corrected chi connectivity index (χ1v) is 8.32. The average molecular weight is 387 g/mol. The molecule has 1 aromatic heterocycles. The minimum atomic E-state index is -4.55. The Morgan fingerprint density at radius 1 is 1.19 bits per heavy atom.